The Morgan fingerprint density at radius 3 is 2.68 bits per heavy atom. The van der Waals surface area contributed by atoms with E-state index >= 15 is 0 Å². The van der Waals surface area contributed by atoms with Gasteiger partial charge in [-0.15, -0.1) is 0 Å². The molecule has 25 heavy (non-hydrogen) atoms. The molecular weight excluding hydrogens is 316 g/mol. The lowest BCUT2D eigenvalue weighted by Crippen LogP contribution is -2.07. The van der Waals surface area contributed by atoms with Gasteiger partial charge in [-0.05, 0) is 60.7 Å². The Kier molecular flexibility index (Phi) is 3.96. The predicted octanol–water partition coefficient (Wildman–Crippen LogP) is 3.83. The minimum absolute atomic E-state index is 0.0695. The fourth-order valence-electron chi connectivity index (χ4n) is 3.26. The third-order valence-electron chi connectivity index (χ3n) is 4.86. The summed E-state index contributed by atoms with van der Waals surface area (Å²) in [5.74, 6) is 1.29. The highest BCUT2D eigenvalue weighted by Gasteiger charge is 2.30. The molecule has 2 heterocycles. The molecule has 0 spiro atoms. The van der Waals surface area contributed by atoms with Crippen LogP contribution in [0.3, 0.4) is 0 Å². The van der Waals surface area contributed by atoms with Crippen molar-refractivity contribution in [2.45, 2.75) is 20.3 Å². The van der Waals surface area contributed by atoms with Gasteiger partial charge in [0, 0.05) is 11.5 Å². The van der Waals surface area contributed by atoms with Crippen LogP contribution < -0.4 is 9.47 Å². The zero-order chi connectivity index (χ0) is 17.4. The molecule has 0 N–H and O–H groups in total. The molecular formula is C21H20O4. The molecule has 1 unspecified atom stereocenters. The molecule has 2 aliphatic rings. The van der Waals surface area contributed by atoms with Gasteiger partial charge in [0.1, 0.15) is 0 Å². The fraction of sp³-hybridized carbons (Fsp3) is 0.286. The summed E-state index contributed by atoms with van der Waals surface area (Å²) in [4.78, 5) is 12.2. The molecule has 1 fully saturated rings. The maximum absolute atomic E-state index is 12.2. The van der Waals surface area contributed by atoms with Gasteiger partial charge in [0.2, 0.25) is 6.79 Å². The number of benzene rings is 2. The minimum atomic E-state index is -0.230. The van der Waals surface area contributed by atoms with Crippen LogP contribution in [0, 0.1) is 19.8 Å². The first-order chi connectivity index (χ1) is 12.1. The van der Waals surface area contributed by atoms with Crippen molar-refractivity contribution in [1.29, 1.82) is 0 Å². The van der Waals surface area contributed by atoms with E-state index in [1.54, 1.807) is 0 Å². The van der Waals surface area contributed by atoms with E-state index in [9.17, 15) is 4.79 Å². The molecule has 128 valence electrons. The Morgan fingerprint density at radius 1 is 1.00 bits per heavy atom. The van der Waals surface area contributed by atoms with E-state index in [1.807, 2.05) is 24.3 Å². The first kappa shape index (κ1) is 15.8. The van der Waals surface area contributed by atoms with Gasteiger partial charge in [-0.3, -0.25) is 0 Å². The van der Waals surface area contributed by atoms with Crippen molar-refractivity contribution in [1.82, 2.24) is 0 Å². The molecule has 1 atom stereocenters. The van der Waals surface area contributed by atoms with Crippen LogP contribution in [0.1, 0.15) is 22.3 Å². The van der Waals surface area contributed by atoms with Gasteiger partial charge < -0.3 is 14.2 Å². The van der Waals surface area contributed by atoms with Crippen molar-refractivity contribution in [3.05, 3.63) is 64.2 Å². The van der Waals surface area contributed by atoms with E-state index in [0.29, 0.717) is 12.4 Å². The number of carbonyl (C=O) groups is 1. The lowest BCUT2D eigenvalue weighted by molar-refractivity contribution is -0.135. The van der Waals surface area contributed by atoms with Gasteiger partial charge in [-0.25, -0.2) is 4.79 Å². The van der Waals surface area contributed by atoms with Crippen LogP contribution in [-0.4, -0.2) is 19.4 Å². The van der Waals surface area contributed by atoms with Crippen LogP contribution >= 0.6 is 0 Å². The van der Waals surface area contributed by atoms with Crippen molar-refractivity contribution < 1.29 is 19.0 Å². The molecule has 0 aliphatic carbocycles. The van der Waals surface area contributed by atoms with E-state index in [-0.39, 0.29) is 18.7 Å². The van der Waals surface area contributed by atoms with Crippen LogP contribution in [0.4, 0.5) is 0 Å². The number of esters is 1. The molecule has 2 aromatic rings. The average Bonchev–Trinajstić information content (AvgIpc) is 3.19. The molecule has 4 heteroatoms. The highest BCUT2D eigenvalue weighted by Crippen LogP contribution is 2.34. The number of rotatable bonds is 3. The van der Waals surface area contributed by atoms with Gasteiger partial charge >= 0.3 is 5.97 Å². The Hall–Kier alpha value is -2.75. The van der Waals surface area contributed by atoms with Crippen LogP contribution in [0.5, 0.6) is 11.5 Å². The number of ether oxygens (including phenoxy) is 3. The summed E-state index contributed by atoms with van der Waals surface area (Å²) in [6.07, 6.45) is 2.70. The lowest BCUT2D eigenvalue weighted by Gasteiger charge is -2.10. The van der Waals surface area contributed by atoms with Crippen LogP contribution in [0.15, 0.2) is 42.0 Å². The Balaban J connectivity index is 1.60. The fourth-order valence-corrected chi connectivity index (χ4v) is 3.26. The van der Waals surface area contributed by atoms with Crippen molar-refractivity contribution in [3.63, 3.8) is 0 Å². The SMILES string of the molecule is Cc1ccc(CC2COC(=O)/C2=C\c2ccc3c(c2)OCO3)cc1C. The lowest BCUT2D eigenvalue weighted by atomic mass is 9.91. The molecule has 0 saturated carbocycles. The molecule has 2 aliphatic heterocycles. The maximum Gasteiger partial charge on any atom is 0.334 e. The van der Waals surface area contributed by atoms with Gasteiger partial charge in [0.15, 0.2) is 11.5 Å². The Bertz CT molecular complexity index is 866. The second-order valence-electron chi connectivity index (χ2n) is 6.63. The highest BCUT2D eigenvalue weighted by atomic mass is 16.7. The van der Waals surface area contributed by atoms with E-state index in [1.165, 1.54) is 16.7 Å². The standard InChI is InChI=1S/C21H20O4/c1-13-3-4-15(7-14(13)2)8-17-11-23-21(22)18(17)9-16-5-6-19-20(10-16)25-12-24-19/h3-7,9-10,17H,8,11-12H2,1-2H3/b18-9-. The second-order valence-corrected chi connectivity index (χ2v) is 6.63. The Morgan fingerprint density at radius 2 is 1.84 bits per heavy atom. The largest absolute Gasteiger partial charge is 0.462 e. The van der Waals surface area contributed by atoms with Crippen molar-refractivity contribution in [3.8, 4) is 11.5 Å². The molecule has 4 rings (SSSR count). The normalized spacial score (nSPS) is 20.2. The quantitative estimate of drug-likeness (QED) is 0.631. The first-order valence-corrected chi connectivity index (χ1v) is 8.44. The molecule has 0 aromatic heterocycles. The van der Waals surface area contributed by atoms with Crippen molar-refractivity contribution in [2.24, 2.45) is 5.92 Å². The number of cyclic esters (lactones) is 1. The van der Waals surface area contributed by atoms with Gasteiger partial charge in [-0.2, -0.15) is 0 Å². The van der Waals surface area contributed by atoms with Crippen LogP contribution in [-0.2, 0) is 16.0 Å². The summed E-state index contributed by atoms with van der Waals surface area (Å²) >= 11 is 0. The third-order valence-corrected chi connectivity index (χ3v) is 4.86. The summed E-state index contributed by atoms with van der Waals surface area (Å²) in [5, 5.41) is 0. The second kappa shape index (κ2) is 6.28. The molecule has 0 bridgehead atoms. The average molecular weight is 336 g/mol. The summed E-state index contributed by atoms with van der Waals surface area (Å²) in [6.45, 7) is 4.89. The predicted molar refractivity (Wildman–Crippen MR) is 94.6 cm³/mol. The zero-order valence-corrected chi connectivity index (χ0v) is 14.4. The maximum atomic E-state index is 12.2. The van der Waals surface area contributed by atoms with E-state index in [2.05, 4.69) is 32.0 Å². The van der Waals surface area contributed by atoms with Gasteiger partial charge in [-0.1, -0.05) is 24.3 Å². The zero-order valence-electron chi connectivity index (χ0n) is 14.4. The van der Waals surface area contributed by atoms with E-state index in [0.717, 1.165) is 23.3 Å². The number of carbonyl (C=O) groups excluding carboxylic acids is 1. The highest BCUT2D eigenvalue weighted by molar-refractivity contribution is 5.96. The Labute approximate surface area is 147 Å². The van der Waals surface area contributed by atoms with Crippen molar-refractivity contribution in [2.75, 3.05) is 13.4 Å². The summed E-state index contributed by atoms with van der Waals surface area (Å²) in [7, 11) is 0. The molecule has 4 nitrogen and oxygen atoms in total. The number of aryl methyl sites for hydroxylation is 2. The van der Waals surface area contributed by atoms with Gasteiger partial charge in [0.25, 0.3) is 0 Å². The number of fused-ring (bicyclic) bond motifs is 1. The monoisotopic (exact) mass is 336 g/mol. The number of hydrogen-bond acceptors (Lipinski definition) is 4. The van der Waals surface area contributed by atoms with Crippen molar-refractivity contribution >= 4 is 12.0 Å². The number of hydrogen-bond donors (Lipinski definition) is 0. The van der Waals surface area contributed by atoms with E-state index < -0.39 is 0 Å². The topological polar surface area (TPSA) is 44.8 Å². The van der Waals surface area contributed by atoms with Crippen LogP contribution in [0.2, 0.25) is 0 Å². The first-order valence-electron chi connectivity index (χ1n) is 8.44. The smallest absolute Gasteiger partial charge is 0.334 e. The summed E-state index contributed by atoms with van der Waals surface area (Å²) in [6, 6.07) is 12.1. The molecule has 0 amide bonds. The third kappa shape index (κ3) is 3.12. The van der Waals surface area contributed by atoms with Gasteiger partial charge in [0.05, 0.1) is 6.61 Å². The molecule has 1 saturated heterocycles. The molecule has 0 radical (unpaired) electrons. The summed E-state index contributed by atoms with van der Waals surface area (Å²) in [5.41, 5.74) is 5.41. The van der Waals surface area contributed by atoms with E-state index in [4.69, 9.17) is 14.2 Å². The van der Waals surface area contributed by atoms with Crippen LogP contribution in [0.25, 0.3) is 6.08 Å². The minimum Gasteiger partial charge on any atom is -0.462 e. The molecule has 2 aromatic carbocycles. The summed E-state index contributed by atoms with van der Waals surface area (Å²) < 4.78 is 16.0.